The molecule has 2 atom stereocenters. The highest BCUT2D eigenvalue weighted by Gasteiger charge is 2.48. The number of carbonyl (C=O) groups is 2. The molecule has 1 aromatic carbocycles. The summed E-state index contributed by atoms with van der Waals surface area (Å²) in [5.41, 5.74) is 1.33. The number of methoxy groups -OCH3 is 2. The molecule has 0 spiro atoms. The number of anilines is 1. The lowest BCUT2D eigenvalue weighted by Crippen LogP contribution is -2.37. The van der Waals surface area contributed by atoms with Crippen molar-refractivity contribution in [3.05, 3.63) is 53.7 Å². The van der Waals surface area contributed by atoms with Crippen molar-refractivity contribution in [2.75, 3.05) is 32.2 Å². The molecule has 4 rings (SSSR count). The summed E-state index contributed by atoms with van der Waals surface area (Å²) >= 11 is 0. The first kappa shape index (κ1) is 18.1. The van der Waals surface area contributed by atoms with Crippen molar-refractivity contribution in [2.45, 2.75) is 18.7 Å². The SMILES string of the molecule is COC(=O)c1ccc(N2C[C@@H]3OC(=O)N(Cc4ccccc4OC)[C@@H]3C2)nc1. The van der Waals surface area contributed by atoms with Crippen LogP contribution in [0.2, 0.25) is 0 Å². The van der Waals surface area contributed by atoms with Gasteiger partial charge in [-0.25, -0.2) is 14.6 Å². The maximum atomic E-state index is 12.4. The monoisotopic (exact) mass is 383 g/mol. The van der Waals surface area contributed by atoms with Crippen molar-refractivity contribution >= 4 is 17.9 Å². The molecular weight excluding hydrogens is 362 g/mol. The van der Waals surface area contributed by atoms with Gasteiger partial charge >= 0.3 is 12.1 Å². The number of fused-ring (bicyclic) bond motifs is 1. The Labute approximate surface area is 162 Å². The third-order valence-corrected chi connectivity index (χ3v) is 5.15. The zero-order valence-electron chi connectivity index (χ0n) is 15.7. The van der Waals surface area contributed by atoms with Gasteiger partial charge in [-0.05, 0) is 18.2 Å². The third-order valence-electron chi connectivity index (χ3n) is 5.15. The molecule has 28 heavy (non-hydrogen) atoms. The Morgan fingerprint density at radius 3 is 2.75 bits per heavy atom. The first-order valence-corrected chi connectivity index (χ1v) is 8.99. The summed E-state index contributed by atoms with van der Waals surface area (Å²) in [6.45, 7) is 1.59. The average molecular weight is 383 g/mol. The first-order chi connectivity index (χ1) is 13.6. The number of nitrogens with zero attached hydrogens (tertiary/aromatic N) is 3. The number of rotatable bonds is 5. The maximum Gasteiger partial charge on any atom is 0.410 e. The Balaban J connectivity index is 1.49. The summed E-state index contributed by atoms with van der Waals surface area (Å²) in [4.78, 5) is 32.1. The van der Waals surface area contributed by atoms with Gasteiger partial charge < -0.3 is 19.1 Å². The minimum Gasteiger partial charge on any atom is -0.496 e. The van der Waals surface area contributed by atoms with Gasteiger partial charge in [0.25, 0.3) is 0 Å². The van der Waals surface area contributed by atoms with Crippen LogP contribution < -0.4 is 9.64 Å². The molecular formula is C20H21N3O5. The predicted octanol–water partition coefficient (Wildman–Crippen LogP) is 2.09. The Morgan fingerprint density at radius 1 is 1.21 bits per heavy atom. The number of carbonyl (C=O) groups excluding carboxylic acids is 2. The second-order valence-corrected chi connectivity index (χ2v) is 6.73. The molecule has 8 heteroatoms. The number of pyridine rings is 1. The number of ether oxygens (including phenoxy) is 3. The first-order valence-electron chi connectivity index (χ1n) is 8.99. The Hall–Kier alpha value is -3.29. The van der Waals surface area contributed by atoms with E-state index in [1.165, 1.54) is 13.3 Å². The van der Waals surface area contributed by atoms with Crippen LogP contribution in [0.3, 0.4) is 0 Å². The molecule has 2 saturated heterocycles. The van der Waals surface area contributed by atoms with Crippen LogP contribution in [0.5, 0.6) is 5.75 Å². The van der Waals surface area contributed by atoms with E-state index < -0.39 is 5.97 Å². The standard InChI is InChI=1S/C20H21N3O5/c1-26-16-6-4-3-5-14(16)10-23-15-11-22(12-17(15)28-20(23)25)18-8-7-13(9-21-18)19(24)27-2/h3-9,15,17H,10-12H2,1-2H3/t15-,17+/m1/s1. The second kappa shape index (κ2) is 7.38. The van der Waals surface area contributed by atoms with Gasteiger partial charge in [0.2, 0.25) is 0 Å². The fourth-order valence-corrected chi connectivity index (χ4v) is 3.70. The van der Waals surface area contributed by atoms with Crippen LogP contribution in [0.1, 0.15) is 15.9 Å². The molecule has 146 valence electrons. The van der Waals surface area contributed by atoms with E-state index in [-0.39, 0.29) is 18.2 Å². The Kier molecular flexibility index (Phi) is 4.77. The topological polar surface area (TPSA) is 81.2 Å². The highest BCUT2D eigenvalue weighted by molar-refractivity contribution is 5.89. The molecule has 1 aromatic heterocycles. The molecule has 0 saturated carbocycles. The largest absolute Gasteiger partial charge is 0.496 e. The minimum absolute atomic E-state index is 0.0699. The van der Waals surface area contributed by atoms with Crippen molar-refractivity contribution in [3.63, 3.8) is 0 Å². The number of benzene rings is 1. The molecule has 0 radical (unpaired) electrons. The molecule has 0 aliphatic carbocycles. The summed E-state index contributed by atoms with van der Waals surface area (Å²) in [6.07, 6.45) is 0.965. The van der Waals surface area contributed by atoms with Gasteiger partial charge in [-0.1, -0.05) is 18.2 Å². The molecule has 0 bridgehead atoms. The van der Waals surface area contributed by atoms with Crippen LogP contribution in [0.15, 0.2) is 42.6 Å². The highest BCUT2D eigenvalue weighted by Crippen LogP contribution is 2.32. The number of aromatic nitrogens is 1. The van der Waals surface area contributed by atoms with E-state index in [2.05, 4.69) is 9.88 Å². The van der Waals surface area contributed by atoms with Gasteiger partial charge in [0.1, 0.15) is 17.7 Å². The summed E-state index contributed by atoms with van der Waals surface area (Å²) in [7, 11) is 2.95. The normalized spacial score (nSPS) is 20.7. The summed E-state index contributed by atoms with van der Waals surface area (Å²) in [5.74, 6) is 1.05. The van der Waals surface area contributed by atoms with Gasteiger partial charge in [0.05, 0.1) is 38.9 Å². The lowest BCUT2D eigenvalue weighted by Gasteiger charge is -2.23. The fourth-order valence-electron chi connectivity index (χ4n) is 3.70. The van der Waals surface area contributed by atoms with Gasteiger partial charge in [-0.15, -0.1) is 0 Å². The van der Waals surface area contributed by atoms with Crippen LogP contribution in [-0.2, 0) is 16.0 Å². The van der Waals surface area contributed by atoms with Crippen molar-refractivity contribution in [2.24, 2.45) is 0 Å². The summed E-state index contributed by atoms with van der Waals surface area (Å²) < 4.78 is 15.7. The third kappa shape index (κ3) is 3.21. The lowest BCUT2D eigenvalue weighted by molar-refractivity contribution is 0.0600. The molecule has 2 aliphatic rings. The molecule has 0 N–H and O–H groups in total. The zero-order chi connectivity index (χ0) is 19.7. The van der Waals surface area contributed by atoms with E-state index in [9.17, 15) is 9.59 Å². The van der Waals surface area contributed by atoms with Crippen LogP contribution in [-0.4, -0.2) is 61.4 Å². The van der Waals surface area contributed by atoms with Gasteiger partial charge in [-0.3, -0.25) is 4.90 Å². The number of para-hydroxylation sites is 1. The van der Waals surface area contributed by atoms with Crippen LogP contribution in [0, 0.1) is 0 Å². The summed E-state index contributed by atoms with van der Waals surface area (Å²) in [5, 5.41) is 0. The van der Waals surface area contributed by atoms with Crippen molar-refractivity contribution in [1.82, 2.24) is 9.88 Å². The Morgan fingerprint density at radius 2 is 2.04 bits per heavy atom. The van der Waals surface area contributed by atoms with Gasteiger partial charge in [-0.2, -0.15) is 0 Å². The lowest BCUT2D eigenvalue weighted by atomic mass is 10.1. The zero-order valence-corrected chi connectivity index (χ0v) is 15.7. The molecule has 2 aliphatic heterocycles. The number of hydrogen-bond acceptors (Lipinski definition) is 7. The molecule has 2 fully saturated rings. The van der Waals surface area contributed by atoms with Gasteiger partial charge in [0, 0.05) is 18.3 Å². The number of esters is 1. The average Bonchev–Trinajstić information content (AvgIpc) is 3.26. The molecule has 1 amide bonds. The number of hydrogen-bond donors (Lipinski definition) is 0. The van der Waals surface area contributed by atoms with E-state index in [1.54, 1.807) is 24.1 Å². The van der Waals surface area contributed by atoms with E-state index in [0.29, 0.717) is 25.2 Å². The van der Waals surface area contributed by atoms with Gasteiger partial charge in [0.15, 0.2) is 0 Å². The van der Waals surface area contributed by atoms with E-state index >= 15 is 0 Å². The maximum absolute atomic E-state index is 12.4. The Bertz CT molecular complexity index is 886. The van der Waals surface area contributed by atoms with E-state index in [1.807, 2.05) is 24.3 Å². The van der Waals surface area contributed by atoms with E-state index in [0.717, 1.165) is 17.1 Å². The smallest absolute Gasteiger partial charge is 0.410 e. The van der Waals surface area contributed by atoms with Crippen molar-refractivity contribution in [1.29, 1.82) is 0 Å². The summed E-state index contributed by atoms with van der Waals surface area (Å²) in [6, 6.07) is 11.0. The molecule has 3 heterocycles. The highest BCUT2D eigenvalue weighted by atomic mass is 16.6. The fraction of sp³-hybridized carbons (Fsp3) is 0.350. The second-order valence-electron chi connectivity index (χ2n) is 6.73. The quantitative estimate of drug-likeness (QED) is 0.731. The van der Waals surface area contributed by atoms with Crippen molar-refractivity contribution in [3.8, 4) is 5.75 Å². The molecule has 0 unspecified atom stereocenters. The van der Waals surface area contributed by atoms with E-state index in [4.69, 9.17) is 14.2 Å². The van der Waals surface area contributed by atoms with Crippen LogP contribution in [0.4, 0.5) is 10.6 Å². The molecule has 2 aromatic rings. The van der Waals surface area contributed by atoms with Crippen LogP contribution >= 0.6 is 0 Å². The predicted molar refractivity (Wildman–Crippen MR) is 100 cm³/mol. The minimum atomic E-state index is -0.422. The molecule has 8 nitrogen and oxygen atoms in total. The van der Waals surface area contributed by atoms with Crippen molar-refractivity contribution < 1.29 is 23.8 Å². The number of amides is 1. The van der Waals surface area contributed by atoms with Crippen LogP contribution in [0.25, 0.3) is 0 Å².